The van der Waals surface area contributed by atoms with Crippen LogP contribution in [0.3, 0.4) is 0 Å². The Balaban J connectivity index is 2.41. The molecule has 1 unspecified atom stereocenters. The van der Waals surface area contributed by atoms with E-state index >= 15 is 0 Å². The van der Waals surface area contributed by atoms with Crippen LogP contribution < -0.4 is 11.3 Å². The van der Waals surface area contributed by atoms with Crippen molar-refractivity contribution in [3.8, 4) is 0 Å². The first-order valence-electron chi connectivity index (χ1n) is 5.58. The Morgan fingerprint density at radius 2 is 2.33 bits per heavy atom. The second kappa shape index (κ2) is 6.29. The summed E-state index contributed by atoms with van der Waals surface area (Å²) < 4.78 is 4.03. The van der Waals surface area contributed by atoms with E-state index < -0.39 is 0 Å². The minimum absolute atomic E-state index is 0.0512. The summed E-state index contributed by atoms with van der Waals surface area (Å²) in [5, 5.41) is 6.42. The first-order valence-corrected chi connectivity index (χ1v) is 8.05. The molecule has 0 saturated heterocycles. The molecule has 0 spiro atoms. The fraction of sp³-hybridized carbons (Fsp3) is 0.364. The third kappa shape index (κ3) is 2.85. The maximum absolute atomic E-state index is 5.72. The van der Waals surface area contributed by atoms with Gasteiger partial charge >= 0.3 is 0 Å². The molecular weight excluding hydrogens is 380 g/mol. The SMILES string of the molecule is CCCn1ncc(Br)c1C(NN)c1cc(Br)cs1. The van der Waals surface area contributed by atoms with Crippen molar-refractivity contribution >= 4 is 43.2 Å². The molecule has 1 atom stereocenters. The van der Waals surface area contributed by atoms with Crippen LogP contribution in [0.5, 0.6) is 0 Å². The number of hydrogen-bond donors (Lipinski definition) is 2. The third-order valence-corrected chi connectivity index (χ3v) is 4.95. The molecule has 3 N–H and O–H groups in total. The van der Waals surface area contributed by atoms with Crippen LogP contribution in [0.1, 0.15) is 30.0 Å². The molecule has 0 radical (unpaired) electrons. The monoisotopic (exact) mass is 392 g/mol. The Morgan fingerprint density at radius 3 is 2.89 bits per heavy atom. The van der Waals surface area contributed by atoms with E-state index in [4.69, 9.17) is 5.84 Å². The van der Waals surface area contributed by atoms with Gasteiger partial charge in [-0.3, -0.25) is 10.5 Å². The van der Waals surface area contributed by atoms with Crippen LogP contribution in [0, 0.1) is 0 Å². The van der Waals surface area contributed by atoms with Gasteiger partial charge in [-0.05, 0) is 44.3 Å². The molecule has 18 heavy (non-hydrogen) atoms. The van der Waals surface area contributed by atoms with E-state index in [1.165, 1.54) is 0 Å². The summed E-state index contributed by atoms with van der Waals surface area (Å²) in [6, 6.07) is 2.02. The Kier molecular flexibility index (Phi) is 4.97. The number of nitrogens with two attached hydrogens (primary N) is 1. The molecule has 0 aliphatic rings. The van der Waals surface area contributed by atoms with E-state index in [2.05, 4.69) is 55.4 Å². The van der Waals surface area contributed by atoms with Crippen LogP contribution in [-0.4, -0.2) is 9.78 Å². The van der Waals surface area contributed by atoms with Gasteiger partial charge in [-0.25, -0.2) is 5.43 Å². The maximum atomic E-state index is 5.72. The first kappa shape index (κ1) is 14.2. The lowest BCUT2D eigenvalue weighted by Crippen LogP contribution is -2.30. The van der Waals surface area contributed by atoms with Crippen molar-refractivity contribution in [1.29, 1.82) is 0 Å². The Labute approximate surface area is 127 Å². The molecule has 98 valence electrons. The molecule has 2 aromatic heterocycles. The largest absolute Gasteiger partial charge is 0.270 e. The average Bonchev–Trinajstić information content (AvgIpc) is 2.91. The second-order valence-electron chi connectivity index (χ2n) is 3.87. The van der Waals surface area contributed by atoms with Crippen LogP contribution in [0.4, 0.5) is 0 Å². The summed E-state index contributed by atoms with van der Waals surface area (Å²) in [7, 11) is 0. The molecule has 2 heterocycles. The minimum Gasteiger partial charge on any atom is -0.270 e. The number of aromatic nitrogens is 2. The van der Waals surface area contributed by atoms with Crippen LogP contribution in [0.2, 0.25) is 0 Å². The number of nitrogens with one attached hydrogen (secondary N) is 1. The average molecular weight is 394 g/mol. The second-order valence-corrected chi connectivity index (χ2v) is 6.58. The van der Waals surface area contributed by atoms with Crippen molar-refractivity contribution in [2.24, 2.45) is 5.84 Å². The Morgan fingerprint density at radius 1 is 1.56 bits per heavy atom. The molecule has 0 aliphatic carbocycles. The summed E-state index contributed by atoms with van der Waals surface area (Å²) in [6.07, 6.45) is 2.85. The molecule has 2 rings (SSSR count). The molecule has 0 fully saturated rings. The lowest BCUT2D eigenvalue weighted by molar-refractivity contribution is 0.523. The van der Waals surface area contributed by atoms with Gasteiger partial charge < -0.3 is 0 Å². The predicted molar refractivity (Wildman–Crippen MR) is 81.4 cm³/mol. The van der Waals surface area contributed by atoms with Gasteiger partial charge in [0.15, 0.2) is 0 Å². The van der Waals surface area contributed by atoms with E-state index in [1.807, 2.05) is 16.3 Å². The highest BCUT2D eigenvalue weighted by Crippen LogP contribution is 2.33. The number of hydrazine groups is 1. The van der Waals surface area contributed by atoms with Gasteiger partial charge in [-0.1, -0.05) is 6.92 Å². The van der Waals surface area contributed by atoms with Gasteiger partial charge in [0.2, 0.25) is 0 Å². The first-order chi connectivity index (χ1) is 8.67. The molecule has 4 nitrogen and oxygen atoms in total. The zero-order chi connectivity index (χ0) is 13.1. The minimum atomic E-state index is -0.0512. The summed E-state index contributed by atoms with van der Waals surface area (Å²) in [5.41, 5.74) is 3.94. The quantitative estimate of drug-likeness (QED) is 0.604. The van der Waals surface area contributed by atoms with Crippen LogP contribution >= 0.6 is 43.2 Å². The fourth-order valence-corrected chi connectivity index (χ4v) is 3.86. The smallest absolute Gasteiger partial charge is 0.0981 e. The zero-order valence-corrected chi connectivity index (χ0v) is 13.8. The summed E-state index contributed by atoms with van der Waals surface area (Å²) >= 11 is 8.68. The summed E-state index contributed by atoms with van der Waals surface area (Å²) in [6.45, 7) is 3.01. The van der Waals surface area contributed by atoms with Crippen molar-refractivity contribution in [3.05, 3.63) is 37.2 Å². The van der Waals surface area contributed by atoms with Crippen molar-refractivity contribution in [3.63, 3.8) is 0 Å². The Bertz CT molecular complexity index is 523. The van der Waals surface area contributed by atoms with Crippen molar-refractivity contribution in [2.45, 2.75) is 25.9 Å². The topological polar surface area (TPSA) is 55.9 Å². The van der Waals surface area contributed by atoms with Crippen LogP contribution in [0.15, 0.2) is 26.6 Å². The van der Waals surface area contributed by atoms with Gasteiger partial charge in [0.05, 0.1) is 22.4 Å². The van der Waals surface area contributed by atoms with Crippen LogP contribution in [-0.2, 0) is 6.54 Å². The molecule has 0 aliphatic heterocycles. The molecule has 0 amide bonds. The molecule has 0 bridgehead atoms. The van der Waals surface area contributed by atoms with Crippen molar-refractivity contribution < 1.29 is 0 Å². The van der Waals surface area contributed by atoms with E-state index in [0.29, 0.717) is 0 Å². The zero-order valence-electron chi connectivity index (χ0n) is 9.86. The molecule has 0 saturated carbocycles. The van der Waals surface area contributed by atoms with E-state index in [-0.39, 0.29) is 6.04 Å². The van der Waals surface area contributed by atoms with Crippen molar-refractivity contribution in [2.75, 3.05) is 0 Å². The lowest BCUT2D eigenvalue weighted by Gasteiger charge is -2.17. The van der Waals surface area contributed by atoms with E-state index in [9.17, 15) is 0 Å². The number of aryl methyl sites for hydroxylation is 1. The lowest BCUT2D eigenvalue weighted by atomic mass is 10.2. The highest BCUT2D eigenvalue weighted by Gasteiger charge is 2.22. The predicted octanol–water partition coefficient (Wildman–Crippen LogP) is 3.43. The van der Waals surface area contributed by atoms with E-state index in [0.717, 1.165) is 32.5 Å². The van der Waals surface area contributed by atoms with Gasteiger partial charge in [-0.2, -0.15) is 5.10 Å². The Hall–Kier alpha value is -0.210. The molecule has 2 aromatic rings. The number of hydrogen-bond acceptors (Lipinski definition) is 4. The normalized spacial score (nSPS) is 12.9. The highest BCUT2D eigenvalue weighted by molar-refractivity contribution is 9.10. The van der Waals surface area contributed by atoms with Crippen molar-refractivity contribution in [1.82, 2.24) is 15.2 Å². The maximum Gasteiger partial charge on any atom is 0.0981 e. The number of nitrogens with zero attached hydrogens (tertiary/aromatic N) is 2. The number of rotatable bonds is 5. The van der Waals surface area contributed by atoms with Gasteiger partial charge in [-0.15, -0.1) is 11.3 Å². The third-order valence-electron chi connectivity index (χ3n) is 2.58. The van der Waals surface area contributed by atoms with Gasteiger partial charge in [0.1, 0.15) is 0 Å². The molecule has 0 aromatic carbocycles. The molecular formula is C11H14Br2N4S. The molecule has 7 heteroatoms. The summed E-state index contributed by atoms with van der Waals surface area (Å²) in [4.78, 5) is 1.16. The van der Waals surface area contributed by atoms with Crippen LogP contribution in [0.25, 0.3) is 0 Å². The number of thiophene rings is 1. The summed E-state index contributed by atoms with van der Waals surface area (Å²) in [5.74, 6) is 5.72. The highest BCUT2D eigenvalue weighted by atomic mass is 79.9. The number of halogens is 2. The van der Waals surface area contributed by atoms with E-state index in [1.54, 1.807) is 11.3 Å². The van der Waals surface area contributed by atoms with Gasteiger partial charge in [0, 0.05) is 21.3 Å². The standard InChI is InChI=1S/C11H14Br2N4S/c1-2-3-17-11(8(13)5-15-17)10(16-14)9-4-7(12)6-18-9/h4-6,10,16H,2-3,14H2,1H3. The van der Waals surface area contributed by atoms with Gasteiger partial charge in [0.25, 0.3) is 0 Å². The fourth-order valence-electron chi connectivity index (χ4n) is 1.82.